The second kappa shape index (κ2) is 5.16. The first kappa shape index (κ1) is 13.2. The van der Waals surface area contributed by atoms with Crippen LogP contribution >= 0.6 is 11.6 Å². The molecule has 0 heterocycles. The third-order valence-corrected chi connectivity index (χ3v) is 2.69. The van der Waals surface area contributed by atoms with E-state index in [4.69, 9.17) is 17.3 Å². The molecule has 4 nitrogen and oxygen atoms in total. The van der Waals surface area contributed by atoms with Crippen molar-refractivity contribution in [2.75, 3.05) is 11.1 Å². The van der Waals surface area contributed by atoms with E-state index in [1.165, 1.54) is 30.3 Å². The molecule has 1 amide bonds. The van der Waals surface area contributed by atoms with Crippen LogP contribution in [0.25, 0.3) is 0 Å². The molecule has 0 aromatic heterocycles. The van der Waals surface area contributed by atoms with Gasteiger partial charge in [-0.05, 0) is 36.4 Å². The Kier molecular flexibility index (Phi) is 3.57. The summed E-state index contributed by atoms with van der Waals surface area (Å²) < 4.78 is 13.0. The third kappa shape index (κ3) is 2.95. The molecule has 2 aromatic rings. The number of amides is 1. The van der Waals surface area contributed by atoms with Crippen LogP contribution < -0.4 is 11.1 Å². The van der Waals surface area contributed by atoms with E-state index in [9.17, 15) is 14.3 Å². The minimum absolute atomic E-state index is 0.0623. The van der Waals surface area contributed by atoms with E-state index in [1.54, 1.807) is 0 Å². The zero-order valence-electron chi connectivity index (χ0n) is 9.65. The van der Waals surface area contributed by atoms with Gasteiger partial charge in [-0.1, -0.05) is 11.6 Å². The summed E-state index contributed by atoms with van der Waals surface area (Å²) in [6, 6.07) is 7.94. The van der Waals surface area contributed by atoms with Crippen LogP contribution in [0, 0.1) is 5.82 Å². The molecule has 2 rings (SSSR count). The lowest BCUT2D eigenvalue weighted by atomic mass is 10.2. The van der Waals surface area contributed by atoms with Crippen LogP contribution in [0.2, 0.25) is 5.02 Å². The number of halogens is 2. The van der Waals surface area contributed by atoms with E-state index in [0.717, 1.165) is 6.07 Å². The van der Waals surface area contributed by atoms with E-state index >= 15 is 0 Å². The highest BCUT2D eigenvalue weighted by atomic mass is 35.5. The maximum absolute atomic E-state index is 13.0. The van der Waals surface area contributed by atoms with Crippen molar-refractivity contribution in [2.24, 2.45) is 0 Å². The predicted octanol–water partition coefficient (Wildman–Crippen LogP) is 3.02. The fourth-order valence-electron chi connectivity index (χ4n) is 1.52. The molecule has 4 N–H and O–H groups in total. The number of hydrogen-bond acceptors (Lipinski definition) is 3. The van der Waals surface area contributed by atoms with Crippen molar-refractivity contribution in [3.63, 3.8) is 0 Å². The number of nitrogens with two attached hydrogens (primary N) is 1. The zero-order chi connectivity index (χ0) is 14.0. The van der Waals surface area contributed by atoms with Crippen LogP contribution in [0.5, 0.6) is 5.75 Å². The third-order valence-electron chi connectivity index (χ3n) is 2.46. The van der Waals surface area contributed by atoms with E-state index < -0.39 is 11.7 Å². The van der Waals surface area contributed by atoms with Gasteiger partial charge in [-0.15, -0.1) is 0 Å². The number of aromatic hydroxyl groups is 1. The first-order valence-corrected chi connectivity index (χ1v) is 5.70. The van der Waals surface area contributed by atoms with Crippen LogP contribution in [0.1, 0.15) is 10.4 Å². The number of nitrogen functional groups attached to an aromatic ring is 1. The Balaban J connectivity index is 2.23. The van der Waals surface area contributed by atoms with Gasteiger partial charge in [0, 0.05) is 10.7 Å². The van der Waals surface area contributed by atoms with Gasteiger partial charge in [0.15, 0.2) is 0 Å². The summed E-state index contributed by atoms with van der Waals surface area (Å²) >= 11 is 5.67. The Morgan fingerprint density at radius 2 is 2.00 bits per heavy atom. The van der Waals surface area contributed by atoms with Gasteiger partial charge in [0.25, 0.3) is 5.91 Å². The molecular formula is C13H10ClFN2O2. The lowest BCUT2D eigenvalue weighted by molar-refractivity contribution is 0.102. The van der Waals surface area contributed by atoms with Gasteiger partial charge < -0.3 is 16.2 Å². The van der Waals surface area contributed by atoms with Crippen LogP contribution in [-0.2, 0) is 0 Å². The lowest BCUT2D eigenvalue weighted by Gasteiger charge is -2.08. The Labute approximate surface area is 113 Å². The molecule has 6 heteroatoms. The standard InChI is InChI=1S/C13H10ClFN2O2/c14-7-1-3-9(12(18)5-7)13(19)17-8-2-4-10(15)11(16)6-8/h1-6,18H,16H2,(H,17,19). The molecule has 0 aliphatic carbocycles. The topological polar surface area (TPSA) is 75.3 Å². The summed E-state index contributed by atoms with van der Waals surface area (Å²) in [6.45, 7) is 0. The second-order valence-corrected chi connectivity index (χ2v) is 4.29. The predicted molar refractivity (Wildman–Crippen MR) is 71.9 cm³/mol. The second-order valence-electron chi connectivity index (χ2n) is 3.85. The number of benzene rings is 2. The molecule has 0 saturated carbocycles. The average Bonchev–Trinajstić information content (AvgIpc) is 2.33. The minimum atomic E-state index is -0.563. The molecule has 98 valence electrons. The highest BCUT2D eigenvalue weighted by molar-refractivity contribution is 6.31. The molecule has 19 heavy (non-hydrogen) atoms. The van der Waals surface area contributed by atoms with Crippen LogP contribution in [0.4, 0.5) is 15.8 Å². The smallest absolute Gasteiger partial charge is 0.259 e. The average molecular weight is 281 g/mol. The molecule has 0 aliphatic heterocycles. The van der Waals surface area contributed by atoms with Gasteiger partial charge in [0.2, 0.25) is 0 Å². The number of rotatable bonds is 2. The number of carbonyl (C=O) groups is 1. The molecule has 2 aromatic carbocycles. The molecule has 0 spiro atoms. The first-order valence-electron chi connectivity index (χ1n) is 5.32. The van der Waals surface area contributed by atoms with Crippen LogP contribution in [0.3, 0.4) is 0 Å². The number of phenolic OH excluding ortho intramolecular Hbond substituents is 1. The van der Waals surface area contributed by atoms with E-state index in [-0.39, 0.29) is 17.0 Å². The van der Waals surface area contributed by atoms with Crippen LogP contribution in [-0.4, -0.2) is 11.0 Å². The highest BCUT2D eigenvalue weighted by Gasteiger charge is 2.12. The van der Waals surface area contributed by atoms with Crippen molar-refractivity contribution in [1.82, 2.24) is 0 Å². The molecular weight excluding hydrogens is 271 g/mol. The van der Waals surface area contributed by atoms with Gasteiger partial charge in [0.1, 0.15) is 11.6 Å². The molecule has 0 radical (unpaired) electrons. The van der Waals surface area contributed by atoms with Gasteiger partial charge in [-0.25, -0.2) is 4.39 Å². The fourth-order valence-corrected chi connectivity index (χ4v) is 1.68. The number of hydrogen-bond donors (Lipinski definition) is 3. The quantitative estimate of drug-likeness (QED) is 0.740. The maximum atomic E-state index is 13.0. The van der Waals surface area contributed by atoms with Gasteiger partial charge in [-0.3, -0.25) is 4.79 Å². The summed E-state index contributed by atoms with van der Waals surface area (Å²) in [5.41, 5.74) is 5.71. The highest BCUT2D eigenvalue weighted by Crippen LogP contribution is 2.23. The van der Waals surface area contributed by atoms with Crippen molar-refractivity contribution in [3.05, 3.63) is 52.8 Å². The van der Waals surface area contributed by atoms with Crippen molar-refractivity contribution in [3.8, 4) is 5.75 Å². The largest absolute Gasteiger partial charge is 0.507 e. The van der Waals surface area contributed by atoms with Crippen LogP contribution in [0.15, 0.2) is 36.4 Å². The zero-order valence-corrected chi connectivity index (χ0v) is 10.4. The number of carbonyl (C=O) groups excluding carboxylic acids is 1. The first-order chi connectivity index (χ1) is 8.97. The summed E-state index contributed by atoms with van der Waals surface area (Å²) in [7, 11) is 0. The van der Waals surface area contributed by atoms with E-state index in [2.05, 4.69) is 5.32 Å². The number of phenols is 1. The normalized spacial score (nSPS) is 10.2. The van der Waals surface area contributed by atoms with Crippen molar-refractivity contribution in [1.29, 1.82) is 0 Å². The Hall–Kier alpha value is -2.27. The molecule has 0 atom stereocenters. The summed E-state index contributed by atoms with van der Waals surface area (Å²) in [6.07, 6.45) is 0. The van der Waals surface area contributed by atoms with Crippen molar-refractivity contribution < 1.29 is 14.3 Å². The Morgan fingerprint density at radius 3 is 2.63 bits per heavy atom. The van der Waals surface area contributed by atoms with Gasteiger partial charge in [0.05, 0.1) is 11.3 Å². The van der Waals surface area contributed by atoms with Crippen molar-refractivity contribution in [2.45, 2.75) is 0 Å². The molecule has 0 bridgehead atoms. The Bertz CT molecular complexity index is 647. The molecule has 0 unspecified atom stereocenters. The number of anilines is 2. The summed E-state index contributed by atoms with van der Waals surface area (Å²) in [4.78, 5) is 11.9. The van der Waals surface area contributed by atoms with E-state index in [1.807, 2.05) is 0 Å². The lowest BCUT2D eigenvalue weighted by Crippen LogP contribution is -2.12. The molecule has 0 fully saturated rings. The maximum Gasteiger partial charge on any atom is 0.259 e. The summed E-state index contributed by atoms with van der Waals surface area (Å²) in [5, 5.41) is 12.4. The SMILES string of the molecule is Nc1cc(NC(=O)c2ccc(Cl)cc2O)ccc1F. The van der Waals surface area contributed by atoms with Gasteiger partial charge in [-0.2, -0.15) is 0 Å². The monoisotopic (exact) mass is 280 g/mol. The Morgan fingerprint density at radius 1 is 1.26 bits per heavy atom. The molecule has 0 saturated heterocycles. The van der Waals surface area contributed by atoms with Crippen molar-refractivity contribution >= 4 is 28.9 Å². The van der Waals surface area contributed by atoms with E-state index in [0.29, 0.717) is 10.7 Å². The number of nitrogens with one attached hydrogen (secondary N) is 1. The van der Waals surface area contributed by atoms with Gasteiger partial charge >= 0.3 is 0 Å². The fraction of sp³-hybridized carbons (Fsp3) is 0. The minimum Gasteiger partial charge on any atom is -0.507 e. The molecule has 0 aliphatic rings. The summed E-state index contributed by atoms with van der Waals surface area (Å²) in [5.74, 6) is -1.34.